The normalized spacial score (nSPS) is 12.7. The van der Waals surface area contributed by atoms with E-state index in [-0.39, 0.29) is 0 Å². The van der Waals surface area contributed by atoms with Crippen LogP contribution in [-0.2, 0) is 0 Å². The lowest BCUT2D eigenvalue weighted by Crippen LogP contribution is -2.03. The fourth-order valence-corrected chi connectivity index (χ4v) is 2.06. The number of aromatic nitrogens is 2. The highest BCUT2D eigenvalue weighted by atomic mass is 16.2. The lowest BCUT2D eigenvalue weighted by Gasteiger charge is -2.05. The van der Waals surface area contributed by atoms with E-state index in [9.17, 15) is 0 Å². The zero-order valence-electron chi connectivity index (χ0n) is 8.81. The number of hydrogen-bond acceptors (Lipinski definition) is 3. The highest BCUT2D eigenvalue weighted by molar-refractivity contribution is 6.06. The van der Waals surface area contributed by atoms with E-state index >= 15 is 0 Å². The van der Waals surface area contributed by atoms with Crippen molar-refractivity contribution in [3.63, 3.8) is 0 Å². The van der Waals surface area contributed by atoms with Gasteiger partial charge in [0.25, 0.3) is 0 Å². The van der Waals surface area contributed by atoms with Crippen LogP contribution in [0.5, 0.6) is 0 Å². The second-order valence-electron chi connectivity index (χ2n) is 3.77. The molecule has 0 bridgehead atoms. The first kappa shape index (κ1) is 9.09. The van der Waals surface area contributed by atoms with Crippen LogP contribution in [0.4, 0.5) is 0 Å². The molecule has 0 amide bonds. The summed E-state index contributed by atoms with van der Waals surface area (Å²) >= 11 is 0. The van der Waals surface area contributed by atoms with Crippen LogP contribution < -0.4 is 5.22 Å². The summed E-state index contributed by atoms with van der Waals surface area (Å²) in [6, 6.07) is 9.65. The number of rotatable bonds is 0. The van der Waals surface area contributed by atoms with Gasteiger partial charge in [0.2, 0.25) is 0 Å². The van der Waals surface area contributed by atoms with Crippen LogP contribution in [0, 0.1) is 6.92 Å². The fourth-order valence-electron chi connectivity index (χ4n) is 2.06. The van der Waals surface area contributed by atoms with Crippen molar-refractivity contribution >= 4 is 28.1 Å². The van der Waals surface area contributed by atoms with E-state index in [1.54, 1.807) is 0 Å². The van der Waals surface area contributed by atoms with Crippen molar-refractivity contribution in [3.8, 4) is 0 Å². The fraction of sp³-hybridized carbons (Fsp3) is 0.0769. The van der Waals surface area contributed by atoms with Gasteiger partial charge in [-0.3, -0.25) is 0 Å². The van der Waals surface area contributed by atoms with E-state index in [2.05, 4.69) is 9.97 Å². The average molecular weight is 210 g/mol. The van der Waals surface area contributed by atoms with Crippen molar-refractivity contribution in [2.45, 2.75) is 6.92 Å². The minimum Gasteiger partial charge on any atom is -0.515 e. The Labute approximate surface area is 92.1 Å². The molecule has 16 heavy (non-hydrogen) atoms. The Morgan fingerprint density at radius 1 is 1.06 bits per heavy atom. The lowest BCUT2D eigenvalue weighted by atomic mass is 10.1. The molecule has 0 unspecified atom stereocenters. The molecule has 1 N–H and O–H groups in total. The molecular weight excluding hydrogens is 200 g/mol. The molecule has 0 radical (unpaired) electrons. The van der Waals surface area contributed by atoms with E-state index in [1.807, 2.05) is 37.3 Å². The van der Waals surface area contributed by atoms with Gasteiger partial charge < -0.3 is 5.11 Å². The van der Waals surface area contributed by atoms with Gasteiger partial charge in [-0.1, -0.05) is 12.1 Å². The molecule has 0 aliphatic heterocycles. The molecule has 0 aliphatic carbocycles. The van der Waals surface area contributed by atoms with Crippen LogP contribution in [-0.4, -0.2) is 15.1 Å². The maximum atomic E-state index is 9.17. The topological polar surface area (TPSA) is 46.0 Å². The van der Waals surface area contributed by atoms with E-state index in [0.717, 1.165) is 39.1 Å². The highest BCUT2D eigenvalue weighted by Gasteiger charge is 2.05. The minimum atomic E-state index is 0.765. The second-order valence-corrected chi connectivity index (χ2v) is 3.77. The third kappa shape index (κ3) is 1.15. The summed E-state index contributed by atoms with van der Waals surface area (Å²) in [5.41, 5.74) is 1.84. The number of benzene rings is 2. The van der Waals surface area contributed by atoms with E-state index in [4.69, 9.17) is 5.11 Å². The Balaban J connectivity index is 2.69. The van der Waals surface area contributed by atoms with Crippen molar-refractivity contribution < 1.29 is 5.11 Å². The average Bonchev–Trinajstić information content (AvgIpc) is 2.29. The van der Waals surface area contributed by atoms with Crippen LogP contribution in [0.1, 0.15) is 5.82 Å². The molecule has 3 rings (SSSR count). The Morgan fingerprint density at radius 3 is 2.56 bits per heavy atom. The lowest BCUT2D eigenvalue weighted by molar-refractivity contribution is 0.541. The first-order valence-corrected chi connectivity index (χ1v) is 5.10. The zero-order chi connectivity index (χ0) is 11.1. The zero-order valence-corrected chi connectivity index (χ0v) is 8.81. The van der Waals surface area contributed by atoms with E-state index in [0.29, 0.717) is 0 Å². The van der Waals surface area contributed by atoms with Crippen LogP contribution in [0.2, 0.25) is 0 Å². The van der Waals surface area contributed by atoms with Crippen molar-refractivity contribution in [1.29, 1.82) is 0 Å². The van der Waals surface area contributed by atoms with Crippen molar-refractivity contribution in [1.82, 2.24) is 9.97 Å². The van der Waals surface area contributed by atoms with E-state index in [1.165, 1.54) is 0 Å². The predicted molar refractivity (Wildman–Crippen MR) is 64.1 cm³/mol. The van der Waals surface area contributed by atoms with Crippen LogP contribution >= 0.6 is 0 Å². The molecule has 0 saturated heterocycles. The van der Waals surface area contributed by atoms with Gasteiger partial charge in [-0.25, -0.2) is 9.97 Å². The first-order chi connectivity index (χ1) is 7.79. The second kappa shape index (κ2) is 3.17. The van der Waals surface area contributed by atoms with Gasteiger partial charge in [-0.15, -0.1) is 0 Å². The third-order valence-corrected chi connectivity index (χ3v) is 2.73. The van der Waals surface area contributed by atoms with Gasteiger partial charge in [0.05, 0.1) is 17.3 Å². The molecule has 0 saturated carbocycles. The Hall–Kier alpha value is -2.16. The molecule has 0 aliphatic rings. The number of aliphatic hydroxyl groups is 1. The van der Waals surface area contributed by atoms with Crippen LogP contribution in [0.15, 0.2) is 30.3 Å². The molecular formula is C13H10N2O. The summed E-state index contributed by atoms with van der Waals surface area (Å²) in [7, 11) is 0. The SMILES string of the molecule is Cc1nc2cccc3/c(=C/O)ccc(n1)c23. The highest BCUT2D eigenvalue weighted by Crippen LogP contribution is 2.21. The van der Waals surface area contributed by atoms with Crippen LogP contribution in [0.3, 0.4) is 0 Å². The Bertz CT molecular complexity index is 716. The summed E-state index contributed by atoms with van der Waals surface area (Å²) in [4.78, 5) is 8.79. The molecule has 2 aromatic carbocycles. The summed E-state index contributed by atoms with van der Waals surface area (Å²) in [5.74, 6) is 0.765. The molecule has 78 valence electrons. The standard InChI is InChI=1S/C13H10N2O/c1-8-14-11-4-2-3-10-9(7-16)5-6-12(15-8)13(10)11/h2-7,16H,1H3/b9-7+. The quantitative estimate of drug-likeness (QED) is 0.618. The molecule has 0 spiro atoms. The van der Waals surface area contributed by atoms with Gasteiger partial charge >= 0.3 is 0 Å². The monoisotopic (exact) mass is 210 g/mol. The van der Waals surface area contributed by atoms with Gasteiger partial charge in [-0.05, 0) is 30.5 Å². The number of nitrogens with zero attached hydrogens (tertiary/aromatic N) is 2. The number of aliphatic hydroxyl groups excluding tert-OH is 1. The number of hydrogen-bond donors (Lipinski definition) is 1. The molecule has 0 atom stereocenters. The summed E-state index contributed by atoms with van der Waals surface area (Å²) in [6.07, 6.45) is 1.12. The first-order valence-electron chi connectivity index (χ1n) is 5.10. The largest absolute Gasteiger partial charge is 0.515 e. The van der Waals surface area contributed by atoms with Gasteiger partial charge in [0, 0.05) is 10.6 Å². The molecule has 1 heterocycles. The summed E-state index contributed by atoms with van der Waals surface area (Å²) < 4.78 is 0. The smallest absolute Gasteiger partial charge is 0.126 e. The molecule has 3 nitrogen and oxygen atoms in total. The van der Waals surface area contributed by atoms with E-state index < -0.39 is 0 Å². The maximum Gasteiger partial charge on any atom is 0.126 e. The molecule has 1 aromatic heterocycles. The molecule has 3 heteroatoms. The molecule has 0 fully saturated rings. The van der Waals surface area contributed by atoms with Crippen molar-refractivity contribution in [3.05, 3.63) is 41.4 Å². The molecule has 3 aromatic rings. The van der Waals surface area contributed by atoms with Crippen molar-refractivity contribution in [2.24, 2.45) is 0 Å². The summed E-state index contributed by atoms with van der Waals surface area (Å²) in [6.45, 7) is 1.88. The van der Waals surface area contributed by atoms with Gasteiger partial charge in [0.1, 0.15) is 5.82 Å². The van der Waals surface area contributed by atoms with Gasteiger partial charge in [-0.2, -0.15) is 0 Å². The Kier molecular flexibility index (Phi) is 1.80. The summed E-state index contributed by atoms with van der Waals surface area (Å²) in [5, 5.41) is 12.0. The Morgan fingerprint density at radius 2 is 1.81 bits per heavy atom. The van der Waals surface area contributed by atoms with Crippen LogP contribution in [0.25, 0.3) is 28.1 Å². The minimum absolute atomic E-state index is 0.765. The predicted octanol–water partition coefficient (Wildman–Crippen LogP) is 2.11. The third-order valence-electron chi connectivity index (χ3n) is 2.73. The maximum absolute atomic E-state index is 9.17. The van der Waals surface area contributed by atoms with Gasteiger partial charge in [0.15, 0.2) is 0 Å². The van der Waals surface area contributed by atoms with Crippen molar-refractivity contribution in [2.75, 3.05) is 0 Å². The number of aryl methyl sites for hydroxylation is 1.